The zero-order valence-electron chi connectivity index (χ0n) is 18.9. The minimum atomic E-state index is -0.663. The highest BCUT2D eigenvalue weighted by molar-refractivity contribution is 5.98. The number of amides is 1. The molecule has 1 aliphatic rings. The van der Waals surface area contributed by atoms with Crippen molar-refractivity contribution in [1.82, 2.24) is 19.7 Å². The van der Waals surface area contributed by atoms with Crippen LogP contribution in [0.2, 0.25) is 0 Å². The molecule has 1 amide bonds. The molecule has 1 aliphatic heterocycles. The van der Waals surface area contributed by atoms with Gasteiger partial charge in [0, 0.05) is 49.3 Å². The number of nitriles is 1. The van der Waals surface area contributed by atoms with Gasteiger partial charge >= 0.3 is 0 Å². The van der Waals surface area contributed by atoms with Crippen LogP contribution in [-0.4, -0.2) is 45.8 Å². The van der Waals surface area contributed by atoms with Crippen LogP contribution in [0.1, 0.15) is 35.2 Å². The van der Waals surface area contributed by atoms with Crippen molar-refractivity contribution in [2.45, 2.75) is 31.3 Å². The van der Waals surface area contributed by atoms with E-state index < -0.39 is 17.4 Å². The van der Waals surface area contributed by atoms with Gasteiger partial charge in [-0.1, -0.05) is 18.2 Å². The number of nitrogens with two attached hydrogens (primary N) is 1. The number of hydrogen-bond donors (Lipinski definition) is 2. The summed E-state index contributed by atoms with van der Waals surface area (Å²) in [5.74, 6) is -0.262. The van der Waals surface area contributed by atoms with Crippen molar-refractivity contribution in [1.29, 1.82) is 5.26 Å². The lowest BCUT2D eigenvalue weighted by molar-refractivity contribution is 0.0963. The number of halogens is 1. The average Bonchev–Trinajstić information content (AvgIpc) is 3.26. The van der Waals surface area contributed by atoms with Crippen LogP contribution in [0, 0.1) is 17.3 Å². The van der Waals surface area contributed by atoms with Gasteiger partial charge in [0.2, 0.25) is 5.95 Å². The summed E-state index contributed by atoms with van der Waals surface area (Å²) in [7, 11) is 1.66. The van der Waals surface area contributed by atoms with Gasteiger partial charge in [0.25, 0.3) is 5.91 Å². The topological polar surface area (TPSA) is 122 Å². The van der Waals surface area contributed by atoms with Crippen molar-refractivity contribution in [2.75, 3.05) is 25.5 Å². The maximum absolute atomic E-state index is 13.5. The standard InChI is InChI=1S/C24H26FN7O2/c1-34-20-5-3-2-4-17(20)15-31-12-8-24(7-10-26,9-13-31)32-16-19(22(27)33)23(30-32)29-18-6-11-28-21(25)14-18/h2-6,11,14,16H,7-9,12-13,15H2,1H3,(H2,27,33)(H,28,29,30). The number of piperidine rings is 1. The summed E-state index contributed by atoms with van der Waals surface area (Å²) >= 11 is 0. The first-order valence-corrected chi connectivity index (χ1v) is 10.9. The van der Waals surface area contributed by atoms with E-state index in [4.69, 9.17) is 10.5 Å². The van der Waals surface area contributed by atoms with E-state index in [0.29, 0.717) is 18.5 Å². The Hall–Kier alpha value is -3.97. The molecule has 0 atom stereocenters. The summed E-state index contributed by atoms with van der Waals surface area (Å²) in [6, 6.07) is 13.0. The van der Waals surface area contributed by atoms with Crippen molar-refractivity contribution >= 4 is 17.4 Å². The number of carbonyl (C=O) groups is 1. The minimum Gasteiger partial charge on any atom is -0.496 e. The molecule has 1 aromatic carbocycles. The van der Waals surface area contributed by atoms with Gasteiger partial charge in [-0.05, 0) is 25.0 Å². The second kappa shape index (κ2) is 9.89. The number of pyridine rings is 1. The van der Waals surface area contributed by atoms with Crippen LogP contribution < -0.4 is 15.8 Å². The number of nitrogens with one attached hydrogen (secondary N) is 1. The molecule has 0 aliphatic carbocycles. The summed E-state index contributed by atoms with van der Waals surface area (Å²) in [4.78, 5) is 17.9. The van der Waals surface area contributed by atoms with Crippen LogP contribution in [0.4, 0.5) is 15.9 Å². The van der Waals surface area contributed by atoms with E-state index in [-0.39, 0.29) is 17.8 Å². The molecule has 10 heteroatoms. The Morgan fingerprint density at radius 3 is 2.76 bits per heavy atom. The summed E-state index contributed by atoms with van der Waals surface area (Å²) < 4.78 is 20.7. The second-order valence-electron chi connectivity index (χ2n) is 8.34. The molecule has 2 aromatic heterocycles. The Bertz CT molecular complexity index is 1210. The highest BCUT2D eigenvalue weighted by atomic mass is 19.1. The molecule has 34 heavy (non-hydrogen) atoms. The van der Waals surface area contributed by atoms with Crippen molar-refractivity contribution in [3.05, 3.63) is 65.9 Å². The third-order valence-electron chi connectivity index (χ3n) is 6.24. The lowest BCUT2D eigenvalue weighted by Gasteiger charge is -2.40. The predicted molar refractivity (Wildman–Crippen MR) is 124 cm³/mol. The minimum absolute atomic E-state index is 0.172. The Kier molecular flexibility index (Phi) is 6.75. The normalized spacial score (nSPS) is 15.4. The quantitative estimate of drug-likeness (QED) is 0.492. The fraction of sp³-hybridized carbons (Fsp3) is 0.333. The van der Waals surface area contributed by atoms with Gasteiger partial charge in [0.1, 0.15) is 11.3 Å². The lowest BCUT2D eigenvalue weighted by Crippen LogP contribution is -2.46. The fourth-order valence-electron chi connectivity index (χ4n) is 4.34. The molecule has 0 bridgehead atoms. The SMILES string of the molecule is COc1ccccc1CN1CCC(CC#N)(n2cc(C(N)=O)c(Nc3ccnc(F)c3)n2)CC1. The third-order valence-corrected chi connectivity index (χ3v) is 6.24. The maximum atomic E-state index is 13.5. The Morgan fingerprint density at radius 2 is 2.09 bits per heavy atom. The zero-order valence-corrected chi connectivity index (χ0v) is 18.9. The van der Waals surface area contributed by atoms with E-state index >= 15 is 0 Å². The number of nitrogens with zero attached hydrogens (tertiary/aromatic N) is 5. The van der Waals surface area contributed by atoms with Crippen LogP contribution >= 0.6 is 0 Å². The second-order valence-corrected chi connectivity index (χ2v) is 8.34. The van der Waals surface area contributed by atoms with Crippen molar-refractivity contribution in [2.24, 2.45) is 5.73 Å². The highest BCUT2D eigenvalue weighted by Crippen LogP contribution is 2.36. The Morgan fingerprint density at radius 1 is 1.32 bits per heavy atom. The van der Waals surface area contributed by atoms with E-state index in [9.17, 15) is 14.4 Å². The summed E-state index contributed by atoms with van der Waals surface area (Å²) in [5.41, 5.74) is 6.67. The molecule has 0 radical (unpaired) electrons. The van der Waals surface area contributed by atoms with Gasteiger partial charge in [-0.25, -0.2) is 4.98 Å². The highest BCUT2D eigenvalue weighted by Gasteiger charge is 2.38. The van der Waals surface area contributed by atoms with E-state index in [2.05, 4.69) is 26.4 Å². The molecule has 1 fully saturated rings. The fourth-order valence-corrected chi connectivity index (χ4v) is 4.34. The van der Waals surface area contributed by atoms with Gasteiger partial charge in [-0.3, -0.25) is 14.4 Å². The van der Waals surface area contributed by atoms with Crippen LogP contribution in [0.5, 0.6) is 5.75 Å². The average molecular weight is 464 g/mol. The third kappa shape index (κ3) is 4.84. The van der Waals surface area contributed by atoms with Crippen LogP contribution in [0.25, 0.3) is 0 Å². The number of anilines is 2. The largest absolute Gasteiger partial charge is 0.496 e. The van der Waals surface area contributed by atoms with E-state index in [1.165, 1.54) is 12.3 Å². The van der Waals surface area contributed by atoms with Crippen molar-refractivity contribution in [3.8, 4) is 11.8 Å². The van der Waals surface area contributed by atoms with Crippen molar-refractivity contribution in [3.63, 3.8) is 0 Å². The molecule has 0 saturated carbocycles. The first kappa shape index (κ1) is 23.2. The molecule has 1 saturated heterocycles. The Labute approximate surface area is 196 Å². The van der Waals surface area contributed by atoms with Crippen LogP contribution in [0.3, 0.4) is 0 Å². The first-order valence-electron chi connectivity index (χ1n) is 10.9. The zero-order chi connectivity index (χ0) is 24.1. The number of aromatic nitrogens is 3. The number of methoxy groups -OCH3 is 1. The maximum Gasteiger partial charge on any atom is 0.254 e. The van der Waals surface area contributed by atoms with Gasteiger partial charge in [0.05, 0.1) is 25.1 Å². The molecular weight excluding hydrogens is 437 g/mol. The number of primary amides is 1. The predicted octanol–water partition coefficient (Wildman–Crippen LogP) is 3.17. The smallest absolute Gasteiger partial charge is 0.254 e. The molecule has 176 valence electrons. The monoisotopic (exact) mass is 463 g/mol. The molecule has 0 spiro atoms. The lowest BCUT2D eigenvalue weighted by atomic mass is 9.84. The molecule has 4 rings (SSSR count). The number of para-hydroxylation sites is 1. The van der Waals surface area contributed by atoms with Crippen molar-refractivity contribution < 1.29 is 13.9 Å². The number of hydrogen-bond acceptors (Lipinski definition) is 7. The van der Waals surface area contributed by atoms with E-state index in [1.54, 1.807) is 24.1 Å². The number of benzene rings is 1. The number of carbonyl (C=O) groups excluding carboxylic acids is 1. The number of ether oxygens (including phenoxy) is 1. The van der Waals surface area contributed by atoms with E-state index in [0.717, 1.165) is 30.9 Å². The van der Waals surface area contributed by atoms with Crippen LogP contribution in [0.15, 0.2) is 48.8 Å². The molecule has 3 N–H and O–H groups in total. The van der Waals surface area contributed by atoms with Gasteiger partial charge in [0.15, 0.2) is 5.82 Å². The summed E-state index contributed by atoms with van der Waals surface area (Å²) in [6.07, 6.45) is 4.46. The Balaban J connectivity index is 1.56. The van der Waals surface area contributed by atoms with Crippen LogP contribution in [-0.2, 0) is 12.1 Å². The molecule has 9 nitrogen and oxygen atoms in total. The molecule has 3 aromatic rings. The molecule has 3 heterocycles. The number of likely N-dealkylation sites (tertiary alicyclic amines) is 1. The number of rotatable bonds is 8. The van der Waals surface area contributed by atoms with E-state index in [1.807, 2.05) is 24.3 Å². The van der Waals surface area contributed by atoms with Gasteiger partial charge < -0.3 is 15.8 Å². The van der Waals surface area contributed by atoms with Gasteiger partial charge in [-0.15, -0.1) is 0 Å². The molecule has 0 unspecified atom stereocenters. The molecular formula is C24H26FN7O2. The van der Waals surface area contributed by atoms with Gasteiger partial charge in [-0.2, -0.15) is 14.8 Å². The first-order chi connectivity index (χ1) is 16.4. The summed E-state index contributed by atoms with van der Waals surface area (Å²) in [5, 5.41) is 17.1. The summed E-state index contributed by atoms with van der Waals surface area (Å²) in [6.45, 7) is 2.21.